The van der Waals surface area contributed by atoms with Gasteiger partial charge in [0, 0.05) is 11.1 Å². The number of fused-ring (bicyclic) bond motifs is 4. The molecule has 0 aliphatic rings. The lowest BCUT2D eigenvalue weighted by atomic mass is 9.84. The standard InChI is InChI=1S/C46H54Si2/c1-29(2)47(30(3)4,31(5)6)27-25-39-35-17-13-15-19-37(35)41-22-24-44-40(26-28-48(32(7)8,33(9)10)34(11)12)36-18-14-16-20-38(36)42-21-23-43(39)45(41)46(42)44/h13-24,29-34H,1-12H3. The van der Waals surface area contributed by atoms with E-state index in [-0.39, 0.29) is 0 Å². The predicted molar refractivity (Wildman–Crippen MR) is 221 cm³/mol. The minimum Gasteiger partial charge on any atom is -0.125 e. The van der Waals surface area contributed by atoms with Gasteiger partial charge in [-0.05, 0) is 87.1 Å². The van der Waals surface area contributed by atoms with Crippen molar-refractivity contribution in [3.63, 3.8) is 0 Å². The van der Waals surface area contributed by atoms with Gasteiger partial charge in [0.05, 0.1) is 0 Å². The first kappa shape index (κ1) is 34.3. The van der Waals surface area contributed by atoms with Crippen molar-refractivity contribution in [3.8, 4) is 22.9 Å². The molecule has 0 amide bonds. The molecule has 0 aliphatic heterocycles. The highest BCUT2D eigenvalue weighted by Crippen LogP contribution is 2.46. The molecule has 0 N–H and O–H groups in total. The molecule has 2 heteroatoms. The van der Waals surface area contributed by atoms with Gasteiger partial charge in [-0.1, -0.05) is 168 Å². The molecule has 0 fully saturated rings. The Morgan fingerprint density at radius 3 is 0.896 bits per heavy atom. The Hall–Kier alpha value is -3.57. The van der Waals surface area contributed by atoms with Gasteiger partial charge in [-0.15, -0.1) is 11.1 Å². The third-order valence-electron chi connectivity index (χ3n) is 12.2. The molecule has 0 spiro atoms. The number of benzene rings is 6. The summed E-state index contributed by atoms with van der Waals surface area (Å²) in [7, 11) is -3.88. The van der Waals surface area contributed by atoms with Gasteiger partial charge in [0.25, 0.3) is 0 Å². The molecule has 0 unspecified atom stereocenters. The molecule has 0 nitrogen and oxygen atoms in total. The lowest BCUT2D eigenvalue weighted by Gasteiger charge is -2.38. The summed E-state index contributed by atoms with van der Waals surface area (Å²) in [6, 6.07) is 27.4. The fourth-order valence-electron chi connectivity index (χ4n) is 10.0. The number of rotatable bonds is 6. The van der Waals surface area contributed by atoms with Crippen LogP contribution in [0.5, 0.6) is 0 Å². The van der Waals surface area contributed by atoms with Crippen LogP contribution in [0.3, 0.4) is 0 Å². The molecule has 0 saturated heterocycles. The smallest absolute Gasteiger partial charge is 0.125 e. The lowest BCUT2D eigenvalue weighted by molar-refractivity contribution is 0.838. The van der Waals surface area contributed by atoms with Crippen LogP contribution in [-0.2, 0) is 0 Å². The molecule has 0 radical (unpaired) electrons. The van der Waals surface area contributed by atoms with Gasteiger partial charge in [0.15, 0.2) is 0 Å². The van der Waals surface area contributed by atoms with Gasteiger partial charge in [-0.2, -0.15) is 0 Å². The second-order valence-corrected chi connectivity index (χ2v) is 27.4. The van der Waals surface area contributed by atoms with Crippen molar-refractivity contribution < 1.29 is 0 Å². The van der Waals surface area contributed by atoms with Crippen molar-refractivity contribution in [3.05, 3.63) is 83.9 Å². The summed E-state index contributed by atoms with van der Waals surface area (Å²) in [5.41, 5.74) is 14.1. The summed E-state index contributed by atoms with van der Waals surface area (Å²) in [5.74, 6) is 7.90. The quantitative estimate of drug-likeness (QED) is 0.0720. The molecule has 0 bridgehead atoms. The average Bonchev–Trinajstić information content (AvgIpc) is 3.04. The molecule has 0 heterocycles. The van der Waals surface area contributed by atoms with Crippen molar-refractivity contribution in [1.29, 1.82) is 0 Å². The van der Waals surface area contributed by atoms with Crippen molar-refractivity contribution in [2.75, 3.05) is 0 Å². The molecule has 0 saturated carbocycles. The van der Waals surface area contributed by atoms with Crippen molar-refractivity contribution in [2.24, 2.45) is 0 Å². The average molecular weight is 663 g/mol. The maximum absolute atomic E-state index is 4.10. The molecule has 0 aliphatic carbocycles. The van der Waals surface area contributed by atoms with Crippen LogP contribution in [0.25, 0.3) is 53.9 Å². The van der Waals surface area contributed by atoms with Crippen LogP contribution in [0.1, 0.15) is 94.2 Å². The van der Waals surface area contributed by atoms with Crippen LogP contribution in [0.4, 0.5) is 0 Å². The van der Waals surface area contributed by atoms with Gasteiger partial charge in [0.1, 0.15) is 16.1 Å². The largest absolute Gasteiger partial charge is 0.146 e. The maximum atomic E-state index is 4.10. The molecule has 6 aromatic carbocycles. The van der Waals surface area contributed by atoms with E-state index in [1.54, 1.807) is 0 Å². The van der Waals surface area contributed by atoms with E-state index >= 15 is 0 Å². The summed E-state index contributed by atoms with van der Waals surface area (Å²) in [5, 5.41) is 13.0. The summed E-state index contributed by atoms with van der Waals surface area (Å²) in [6.07, 6.45) is 0. The Labute approximate surface area is 292 Å². The van der Waals surface area contributed by atoms with E-state index in [0.29, 0.717) is 33.2 Å². The van der Waals surface area contributed by atoms with Gasteiger partial charge in [-0.25, -0.2) is 0 Å². The molecule has 6 aromatic rings. The van der Waals surface area contributed by atoms with E-state index in [0.717, 1.165) is 0 Å². The van der Waals surface area contributed by atoms with Gasteiger partial charge in [0.2, 0.25) is 0 Å². The third-order valence-corrected chi connectivity index (χ3v) is 24.8. The van der Waals surface area contributed by atoms with Gasteiger partial charge in [-0.3, -0.25) is 0 Å². The highest BCUT2D eigenvalue weighted by atomic mass is 28.3. The summed E-state index contributed by atoms with van der Waals surface area (Å²) >= 11 is 0. The first-order valence-corrected chi connectivity index (χ1v) is 22.9. The van der Waals surface area contributed by atoms with Crippen molar-refractivity contribution in [1.82, 2.24) is 0 Å². The molecule has 48 heavy (non-hydrogen) atoms. The Kier molecular flexibility index (Phi) is 9.08. The predicted octanol–water partition coefficient (Wildman–Crippen LogP) is 14.0. The Balaban J connectivity index is 1.79. The van der Waals surface area contributed by atoms with Crippen LogP contribution < -0.4 is 0 Å². The molecular formula is C46H54Si2. The zero-order valence-electron chi connectivity index (χ0n) is 31.4. The van der Waals surface area contributed by atoms with Gasteiger partial charge < -0.3 is 0 Å². The molecule has 0 aromatic heterocycles. The highest BCUT2D eigenvalue weighted by Gasteiger charge is 2.42. The minimum atomic E-state index is -1.94. The first-order valence-electron chi connectivity index (χ1n) is 18.4. The number of hydrogen-bond acceptors (Lipinski definition) is 0. The third kappa shape index (κ3) is 5.02. The van der Waals surface area contributed by atoms with Crippen LogP contribution in [0.2, 0.25) is 33.2 Å². The molecule has 0 atom stereocenters. The first-order chi connectivity index (χ1) is 22.8. The van der Waals surface area contributed by atoms with E-state index in [9.17, 15) is 0 Å². The van der Waals surface area contributed by atoms with E-state index < -0.39 is 16.1 Å². The fraction of sp³-hybridized carbons (Fsp3) is 0.391. The summed E-state index contributed by atoms with van der Waals surface area (Å²) in [4.78, 5) is 0. The molecule has 6 rings (SSSR count). The van der Waals surface area contributed by atoms with E-state index in [2.05, 4.69) is 179 Å². The van der Waals surface area contributed by atoms with E-state index in [4.69, 9.17) is 0 Å². The zero-order chi connectivity index (χ0) is 34.7. The number of hydrogen-bond donors (Lipinski definition) is 0. The van der Waals surface area contributed by atoms with Crippen LogP contribution in [0, 0.1) is 22.9 Å². The Morgan fingerprint density at radius 1 is 0.333 bits per heavy atom. The van der Waals surface area contributed by atoms with Crippen molar-refractivity contribution >= 4 is 70.0 Å². The topological polar surface area (TPSA) is 0 Å². The zero-order valence-corrected chi connectivity index (χ0v) is 33.4. The minimum absolute atomic E-state index is 0.585. The SMILES string of the molecule is CC(C)[Si](C#Cc1c2ccccc2c2ccc3c(C#C[Si](C(C)C)(C(C)C)C(C)C)c4ccccc4c4ccc1c2c34)(C(C)C)C(C)C. The second kappa shape index (κ2) is 12.7. The second-order valence-electron chi connectivity index (χ2n) is 16.2. The van der Waals surface area contributed by atoms with Crippen LogP contribution in [0.15, 0.2) is 72.8 Å². The Bertz CT molecular complexity index is 2070. The van der Waals surface area contributed by atoms with Crippen molar-refractivity contribution in [2.45, 2.75) is 116 Å². The molecule has 246 valence electrons. The van der Waals surface area contributed by atoms with E-state index in [1.165, 1.54) is 65.0 Å². The lowest BCUT2D eigenvalue weighted by Crippen LogP contribution is -2.43. The monoisotopic (exact) mass is 662 g/mol. The van der Waals surface area contributed by atoms with Gasteiger partial charge >= 0.3 is 0 Å². The normalized spacial score (nSPS) is 13.0. The summed E-state index contributed by atoms with van der Waals surface area (Å²) in [6.45, 7) is 28.9. The Morgan fingerprint density at radius 2 is 0.604 bits per heavy atom. The summed E-state index contributed by atoms with van der Waals surface area (Å²) < 4.78 is 0. The van der Waals surface area contributed by atoms with Crippen LogP contribution >= 0.6 is 0 Å². The van der Waals surface area contributed by atoms with E-state index in [1.807, 2.05) is 0 Å². The highest BCUT2D eigenvalue weighted by molar-refractivity contribution is 6.91. The maximum Gasteiger partial charge on any atom is 0.146 e. The van der Waals surface area contributed by atoms with Crippen LogP contribution in [-0.4, -0.2) is 16.1 Å². The fourth-order valence-corrected chi connectivity index (χ4v) is 20.4. The molecular weight excluding hydrogens is 609 g/mol.